The molecule has 1 aromatic rings. The van der Waals surface area contributed by atoms with E-state index in [0.29, 0.717) is 12.7 Å². The lowest BCUT2D eigenvalue weighted by Crippen LogP contribution is -2.10. The SMILES string of the molecule is CCc1nn(CC)c(COC(C)CC)c1Br. The summed E-state index contributed by atoms with van der Waals surface area (Å²) in [6, 6.07) is 0. The van der Waals surface area contributed by atoms with Gasteiger partial charge < -0.3 is 4.74 Å². The van der Waals surface area contributed by atoms with Crippen LogP contribution in [0.4, 0.5) is 0 Å². The van der Waals surface area contributed by atoms with Gasteiger partial charge in [0.15, 0.2) is 0 Å². The number of ether oxygens (including phenoxy) is 1. The van der Waals surface area contributed by atoms with Gasteiger partial charge in [0.25, 0.3) is 0 Å². The maximum Gasteiger partial charge on any atom is 0.0899 e. The zero-order valence-electron chi connectivity index (χ0n) is 10.6. The summed E-state index contributed by atoms with van der Waals surface area (Å²) in [5.74, 6) is 0. The molecule has 92 valence electrons. The molecule has 0 aromatic carbocycles. The van der Waals surface area contributed by atoms with Crippen LogP contribution in [0, 0.1) is 0 Å². The van der Waals surface area contributed by atoms with Gasteiger partial charge in [-0.05, 0) is 42.6 Å². The number of hydrogen-bond donors (Lipinski definition) is 0. The van der Waals surface area contributed by atoms with Crippen molar-refractivity contribution >= 4 is 15.9 Å². The Morgan fingerprint density at radius 1 is 1.38 bits per heavy atom. The molecule has 1 aromatic heterocycles. The van der Waals surface area contributed by atoms with Crippen LogP contribution in [0.25, 0.3) is 0 Å². The van der Waals surface area contributed by atoms with E-state index in [0.717, 1.165) is 35.2 Å². The van der Waals surface area contributed by atoms with Crippen molar-refractivity contribution in [1.29, 1.82) is 0 Å². The van der Waals surface area contributed by atoms with Crippen LogP contribution in [0.3, 0.4) is 0 Å². The molecule has 0 amide bonds. The Balaban J connectivity index is 2.80. The van der Waals surface area contributed by atoms with E-state index in [1.54, 1.807) is 0 Å². The van der Waals surface area contributed by atoms with E-state index < -0.39 is 0 Å². The first-order valence-corrected chi connectivity index (χ1v) is 6.78. The first kappa shape index (κ1) is 13.7. The quantitative estimate of drug-likeness (QED) is 0.801. The summed E-state index contributed by atoms with van der Waals surface area (Å²) in [4.78, 5) is 0. The van der Waals surface area contributed by atoms with Gasteiger partial charge in [-0.3, -0.25) is 4.68 Å². The minimum atomic E-state index is 0.303. The molecular formula is C12H21BrN2O. The van der Waals surface area contributed by atoms with Crippen molar-refractivity contribution in [1.82, 2.24) is 9.78 Å². The maximum atomic E-state index is 5.77. The molecular weight excluding hydrogens is 268 g/mol. The Morgan fingerprint density at radius 2 is 2.06 bits per heavy atom. The fourth-order valence-electron chi connectivity index (χ4n) is 1.49. The van der Waals surface area contributed by atoms with Crippen LogP contribution >= 0.6 is 15.9 Å². The van der Waals surface area contributed by atoms with Crippen LogP contribution in [-0.4, -0.2) is 15.9 Å². The van der Waals surface area contributed by atoms with Crippen molar-refractivity contribution in [2.24, 2.45) is 0 Å². The Labute approximate surface area is 106 Å². The van der Waals surface area contributed by atoms with Gasteiger partial charge in [-0.15, -0.1) is 0 Å². The Bertz CT molecular complexity index is 336. The molecule has 0 aliphatic carbocycles. The summed E-state index contributed by atoms with van der Waals surface area (Å²) in [6.45, 7) is 9.97. The number of halogens is 1. The Morgan fingerprint density at radius 3 is 2.56 bits per heavy atom. The van der Waals surface area contributed by atoms with E-state index >= 15 is 0 Å². The summed E-state index contributed by atoms with van der Waals surface area (Å²) in [7, 11) is 0. The highest BCUT2D eigenvalue weighted by Gasteiger charge is 2.14. The average Bonchev–Trinajstić information content (AvgIpc) is 2.62. The largest absolute Gasteiger partial charge is 0.372 e. The Kier molecular flexibility index (Phi) is 5.49. The molecule has 0 aliphatic rings. The van der Waals surface area contributed by atoms with Gasteiger partial charge in [0.05, 0.1) is 28.6 Å². The molecule has 1 rings (SSSR count). The lowest BCUT2D eigenvalue weighted by molar-refractivity contribution is 0.0464. The predicted molar refractivity (Wildman–Crippen MR) is 69.5 cm³/mol. The highest BCUT2D eigenvalue weighted by Crippen LogP contribution is 2.23. The van der Waals surface area contributed by atoms with Gasteiger partial charge in [-0.1, -0.05) is 13.8 Å². The van der Waals surface area contributed by atoms with Gasteiger partial charge in [0, 0.05) is 6.54 Å². The minimum absolute atomic E-state index is 0.303. The smallest absolute Gasteiger partial charge is 0.0899 e. The van der Waals surface area contributed by atoms with Gasteiger partial charge in [0.1, 0.15) is 0 Å². The number of hydrogen-bond acceptors (Lipinski definition) is 2. The summed E-state index contributed by atoms with van der Waals surface area (Å²) in [5, 5.41) is 4.54. The van der Waals surface area contributed by atoms with Crippen LogP contribution in [0.15, 0.2) is 4.47 Å². The van der Waals surface area contributed by atoms with Gasteiger partial charge in [0.2, 0.25) is 0 Å². The summed E-state index contributed by atoms with van der Waals surface area (Å²) >= 11 is 3.61. The first-order chi connectivity index (χ1) is 7.63. The fraction of sp³-hybridized carbons (Fsp3) is 0.750. The highest BCUT2D eigenvalue weighted by molar-refractivity contribution is 9.10. The lowest BCUT2D eigenvalue weighted by Gasteiger charge is -2.11. The van der Waals surface area contributed by atoms with Crippen LogP contribution in [0.2, 0.25) is 0 Å². The van der Waals surface area contributed by atoms with Gasteiger partial charge in [-0.2, -0.15) is 5.10 Å². The third-order valence-corrected chi connectivity index (χ3v) is 3.69. The summed E-state index contributed by atoms with van der Waals surface area (Å²) < 4.78 is 8.90. The van der Waals surface area contributed by atoms with Crippen molar-refractivity contribution in [2.75, 3.05) is 0 Å². The molecule has 16 heavy (non-hydrogen) atoms. The van der Waals surface area contributed by atoms with Crippen molar-refractivity contribution in [3.8, 4) is 0 Å². The van der Waals surface area contributed by atoms with Gasteiger partial charge >= 0.3 is 0 Å². The molecule has 0 aliphatic heterocycles. The van der Waals surface area contributed by atoms with E-state index in [2.05, 4.69) is 48.7 Å². The molecule has 0 radical (unpaired) electrons. The molecule has 0 spiro atoms. The van der Waals surface area contributed by atoms with Crippen molar-refractivity contribution in [3.63, 3.8) is 0 Å². The van der Waals surface area contributed by atoms with Crippen LogP contribution in [0.1, 0.15) is 45.5 Å². The van der Waals surface area contributed by atoms with E-state index in [-0.39, 0.29) is 0 Å². The van der Waals surface area contributed by atoms with Crippen molar-refractivity contribution in [2.45, 2.75) is 59.8 Å². The normalized spacial score (nSPS) is 13.1. The predicted octanol–water partition coefficient (Wildman–Crippen LogP) is 3.54. The number of aryl methyl sites for hydroxylation is 2. The van der Waals surface area contributed by atoms with E-state index in [4.69, 9.17) is 4.74 Å². The van der Waals surface area contributed by atoms with E-state index in [1.165, 1.54) is 0 Å². The molecule has 0 bridgehead atoms. The second-order valence-corrected chi connectivity index (χ2v) is 4.70. The summed E-state index contributed by atoms with van der Waals surface area (Å²) in [5.41, 5.74) is 2.27. The molecule has 0 saturated heterocycles. The minimum Gasteiger partial charge on any atom is -0.372 e. The molecule has 3 nitrogen and oxygen atoms in total. The van der Waals surface area contributed by atoms with Crippen LogP contribution in [0.5, 0.6) is 0 Å². The van der Waals surface area contributed by atoms with Crippen LogP contribution in [-0.2, 0) is 24.3 Å². The third-order valence-electron chi connectivity index (χ3n) is 2.77. The molecule has 0 fully saturated rings. The van der Waals surface area contributed by atoms with Crippen molar-refractivity contribution in [3.05, 3.63) is 15.9 Å². The third kappa shape index (κ3) is 3.08. The second kappa shape index (κ2) is 6.40. The topological polar surface area (TPSA) is 27.1 Å². The van der Waals surface area contributed by atoms with Crippen molar-refractivity contribution < 1.29 is 4.74 Å². The summed E-state index contributed by atoms with van der Waals surface area (Å²) in [6.07, 6.45) is 2.29. The maximum absolute atomic E-state index is 5.77. The highest BCUT2D eigenvalue weighted by atomic mass is 79.9. The number of aromatic nitrogens is 2. The Hall–Kier alpha value is -0.350. The molecule has 1 heterocycles. The second-order valence-electron chi connectivity index (χ2n) is 3.91. The standard InChI is InChI=1S/C12H21BrN2O/c1-5-9(4)16-8-11-12(13)10(6-2)14-15(11)7-3/h9H,5-8H2,1-4H3. The van der Waals surface area contributed by atoms with Crippen LogP contribution < -0.4 is 0 Å². The zero-order valence-corrected chi connectivity index (χ0v) is 12.2. The van der Waals surface area contributed by atoms with Gasteiger partial charge in [-0.25, -0.2) is 0 Å². The zero-order chi connectivity index (χ0) is 12.1. The molecule has 0 saturated carbocycles. The number of nitrogens with zero attached hydrogens (tertiary/aromatic N) is 2. The number of rotatable bonds is 6. The van der Waals surface area contributed by atoms with E-state index in [1.807, 2.05) is 4.68 Å². The monoisotopic (exact) mass is 288 g/mol. The molecule has 0 N–H and O–H groups in total. The van der Waals surface area contributed by atoms with E-state index in [9.17, 15) is 0 Å². The lowest BCUT2D eigenvalue weighted by atomic mass is 10.3. The average molecular weight is 289 g/mol. The fourth-order valence-corrected chi connectivity index (χ4v) is 2.17. The molecule has 1 atom stereocenters. The molecule has 1 unspecified atom stereocenters. The first-order valence-electron chi connectivity index (χ1n) is 5.99. The molecule has 4 heteroatoms.